The van der Waals surface area contributed by atoms with Gasteiger partial charge in [-0.15, -0.1) is 11.3 Å². The Balaban J connectivity index is 1.53. The summed E-state index contributed by atoms with van der Waals surface area (Å²) in [5.74, 6) is 1.27. The van der Waals surface area contributed by atoms with Gasteiger partial charge < -0.3 is 10.1 Å². The molecule has 4 rings (SSSR count). The molecule has 7 nitrogen and oxygen atoms in total. The van der Waals surface area contributed by atoms with Crippen LogP contribution in [0.2, 0.25) is 0 Å². The average Bonchev–Trinajstić information content (AvgIpc) is 3.24. The van der Waals surface area contributed by atoms with Gasteiger partial charge in [0.2, 0.25) is 0 Å². The molecule has 2 aromatic heterocycles. The lowest BCUT2D eigenvalue weighted by atomic mass is 10.1. The molecule has 0 radical (unpaired) electrons. The lowest BCUT2D eigenvalue weighted by molar-refractivity contribution is -0.385. The number of rotatable bonds is 7. The zero-order valence-electron chi connectivity index (χ0n) is 17.0. The first kappa shape index (κ1) is 20.5. The number of hydrogen-bond donors (Lipinski definition) is 1. The lowest BCUT2D eigenvalue weighted by Crippen LogP contribution is -2.03. The van der Waals surface area contributed by atoms with Gasteiger partial charge in [-0.1, -0.05) is 17.7 Å². The van der Waals surface area contributed by atoms with Crippen LogP contribution in [0.1, 0.15) is 16.7 Å². The van der Waals surface area contributed by atoms with Crippen molar-refractivity contribution in [1.82, 2.24) is 9.97 Å². The first-order valence-electron chi connectivity index (χ1n) is 9.62. The number of ether oxygens (including phenoxy) is 1. The highest BCUT2D eigenvalue weighted by Crippen LogP contribution is 2.31. The maximum Gasteiger partial charge on any atom is 0.274 e. The largest absolute Gasteiger partial charge is 0.457 e. The number of thiazole rings is 1. The van der Waals surface area contributed by atoms with E-state index in [-0.39, 0.29) is 17.2 Å². The van der Waals surface area contributed by atoms with E-state index in [2.05, 4.69) is 15.3 Å². The van der Waals surface area contributed by atoms with Crippen LogP contribution in [-0.2, 0) is 6.54 Å². The van der Waals surface area contributed by atoms with Gasteiger partial charge in [0.1, 0.15) is 11.5 Å². The number of aromatic nitrogens is 2. The Kier molecular flexibility index (Phi) is 5.90. The van der Waals surface area contributed by atoms with Crippen LogP contribution in [0.4, 0.5) is 10.8 Å². The van der Waals surface area contributed by atoms with Gasteiger partial charge in [0.05, 0.1) is 16.2 Å². The molecule has 0 saturated heterocycles. The number of nitro benzene ring substituents is 1. The fraction of sp³-hybridized carbons (Fsp3) is 0.130. The van der Waals surface area contributed by atoms with Gasteiger partial charge in [0.15, 0.2) is 5.13 Å². The molecule has 0 saturated carbocycles. The predicted octanol–water partition coefficient (Wildman–Crippen LogP) is 6.13. The molecular weight excluding hydrogens is 412 g/mol. The van der Waals surface area contributed by atoms with Crippen molar-refractivity contribution in [2.75, 3.05) is 5.32 Å². The number of aryl methyl sites for hydroxylation is 2. The number of anilines is 1. The van der Waals surface area contributed by atoms with Crippen molar-refractivity contribution in [2.45, 2.75) is 20.4 Å². The topological polar surface area (TPSA) is 90.2 Å². The van der Waals surface area contributed by atoms with E-state index in [4.69, 9.17) is 4.74 Å². The molecular formula is C23H20N4O3S. The number of nitro groups is 1. The van der Waals surface area contributed by atoms with Crippen molar-refractivity contribution in [3.8, 4) is 22.8 Å². The summed E-state index contributed by atoms with van der Waals surface area (Å²) in [6.07, 6.45) is 3.43. The molecule has 0 unspecified atom stereocenters. The van der Waals surface area contributed by atoms with E-state index in [1.54, 1.807) is 24.5 Å². The van der Waals surface area contributed by atoms with Gasteiger partial charge in [-0.25, -0.2) is 4.98 Å². The van der Waals surface area contributed by atoms with Gasteiger partial charge in [0.25, 0.3) is 5.69 Å². The molecule has 4 aromatic rings. The van der Waals surface area contributed by atoms with Crippen LogP contribution in [0.3, 0.4) is 0 Å². The Morgan fingerprint density at radius 1 is 1.10 bits per heavy atom. The Labute approximate surface area is 183 Å². The second-order valence-electron chi connectivity index (χ2n) is 7.05. The third-order valence-electron chi connectivity index (χ3n) is 4.72. The summed E-state index contributed by atoms with van der Waals surface area (Å²) in [4.78, 5) is 19.7. The lowest BCUT2D eigenvalue weighted by Gasteiger charge is -2.11. The average molecular weight is 433 g/mol. The van der Waals surface area contributed by atoms with Crippen molar-refractivity contribution in [3.63, 3.8) is 0 Å². The number of hydrogen-bond acceptors (Lipinski definition) is 7. The van der Waals surface area contributed by atoms with Crippen LogP contribution in [0.25, 0.3) is 11.3 Å². The fourth-order valence-corrected chi connectivity index (χ4v) is 3.89. The smallest absolute Gasteiger partial charge is 0.274 e. The summed E-state index contributed by atoms with van der Waals surface area (Å²) in [5, 5.41) is 17.3. The molecule has 156 valence electrons. The predicted molar refractivity (Wildman–Crippen MR) is 122 cm³/mol. The Morgan fingerprint density at radius 3 is 2.65 bits per heavy atom. The fourth-order valence-electron chi connectivity index (χ4n) is 3.17. The second-order valence-corrected chi connectivity index (χ2v) is 7.90. The Morgan fingerprint density at radius 2 is 1.90 bits per heavy atom. The first-order chi connectivity index (χ1) is 15.0. The van der Waals surface area contributed by atoms with E-state index < -0.39 is 0 Å². The summed E-state index contributed by atoms with van der Waals surface area (Å²) in [5.41, 5.74) is 4.50. The molecule has 0 bridgehead atoms. The van der Waals surface area contributed by atoms with Gasteiger partial charge >= 0.3 is 0 Å². The third kappa shape index (κ3) is 4.87. The van der Waals surface area contributed by atoms with E-state index >= 15 is 0 Å². The van der Waals surface area contributed by atoms with E-state index in [9.17, 15) is 10.1 Å². The van der Waals surface area contributed by atoms with Gasteiger partial charge in [-0.05, 0) is 49.7 Å². The summed E-state index contributed by atoms with van der Waals surface area (Å²) in [7, 11) is 0. The molecule has 0 aliphatic carbocycles. The van der Waals surface area contributed by atoms with Crippen molar-refractivity contribution in [2.24, 2.45) is 0 Å². The molecule has 8 heteroatoms. The molecule has 0 atom stereocenters. The number of nitrogens with one attached hydrogen (secondary N) is 1. The van der Waals surface area contributed by atoms with Crippen LogP contribution in [0, 0.1) is 24.0 Å². The van der Waals surface area contributed by atoms with Crippen LogP contribution in [0.5, 0.6) is 11.5 Å². The van der Waals surface area contributed by atoms with Gasteiger partial charge in [0, 0.05) is 35.9 Å². The van der Waals surface area contributed by atoms with E-state index in [0.717, 1.165) is 28.1 Å². The van der Waals surface area contributed by atoms with E-state index in [0.29, 0.717) is 16.4 Å². The van der Waals surface area contributed by atoms with Crippen LogP contribution in [-0.4, -0.2) is 14.9 Å². The van der Waals surface area contributed by atoms with Crippen LogP contribution < -0.4 is 10.1 Å². The van der Waals surface area contributed by atoms with Crippen molar-refractivity contribution >= 4 is 22.2 Å². The number of pyridine rings is 1. The van der Waals surface area contributed by atoms with E-state index in [1.165, 1.54) is 17.4 Å². The summed E-state index contributed by atoms with van der Waals surface area (Å²) in [6.45, 7) is 4.24. The van der Waals surface area contributed by atoms with E-state index in [1.807, 2.05) is 49.6 Å². The van der Waals surface area contributed by atoms with Gasteiger partial charge in [-0.3, -0.25) is 15.1 Å². The highest BCUT2D eigenvalue weighted by Gasteiger charge is 2.16. The molecule has 0 fully saturated rings. The molecule has 2 heterocycles. The molecule has 0 aliphatic rings. The SMILES string of the molecule is Cc1ccc(Oc2ccc([N+](=O)[O-])c(CNc3nc(-c4ccncc4)cs3)c2)c(C)c1. The molecule has 0 aliphatic heterocycles. The zero-order chi connectivity index (χ0) is 21.8. The van der Waals surface area contributed by atoms with Gasteiger partial charge in [-0.2, -0.15) is 0 Å². The maximum absolute atomic E-state index is 11.5. The second kappa shape index (κ2) is 8.93. The molecule has 31 heavy (non-hydrogen) atoms. The highest BCUT2D eigenvalue weighted by atomic mass is 32.1. The third-order valence-corrected chi connectivity index (χ3v) is 5.52. The molecule has 1 N–H and O–H groups in total. The number of benzene rings is 2. The minimum atomic E-state index is -0.387. The summed E-state index contributed by atoms with van der Waals surface area (Å²) < 4.78 is 5.98. The number of nitrogens with zero attached hydrogens (tertiary/aromatic N) is 3. The van der Waals surface area contributed by atoms with Crippen molar-refractivity contribution in [3.05, 3.63) is 93.1 Å². The van der Waals surface area contributed by atoms with Crippen LogP contribution >= 0.6 is 11.3 Å². The molecule has 0 amide bonds. The van der Waals surface area contributed by atoms with Crippen molar-refractivity contribution < 1.29 is 9.66 Å². The minimum Gasteiger partial charge on any atom is -0.457 e. The van der Waals surface area contributed by atoms with Crippen LogP contribution in [0.15, 0.2) is 66.3 Å². The highest BCUT2D eigenvalue weighted by molar-refractivity contribution is 7.14. The quantitative estimate of drug-likeness (QED) is 0.279. The Bertz CT molecular complexity index is 1220. The normalized spacial score (nSPS) is 10.6. The standard InChI is InChI=1S/C23H20N4O3S/c1-15-3-6-22(16(2)11-15)30-19-4-5-21(27(28)29)18(12-19)13-25-23-26-20(14-31-23)17-7-9-24-10-8-17/h3-12,14H,13H2,1-2H3,(H,25,26). The monoisotopic (exact) mass is 432 g/mol. The maximum atomic E-state index is 11.5. The summed E-state index contributed by atoms with van der Waals surface area (Å²) in [6, 6.07) is 14.5. The molecule has 0 spiro atoms. The zero-order valence-corrected chi connectivity index (χ0v) is 17.8. The summed E-state index contributed by atoms with van der Waals surface area (Å²) >= 11 is 1.44. The Hall–Kier alpha value is -3.78. The molecule has 2 aromatic carbocycles. The minimum absolute atomic E-state index is 0.0337. The van der Waals surface area contributed by atoms with Crippen molar-refractivity contribution in [1.29, 1.82) is 0 Å². The first-order valence-corrected chi connectivity index (χ1v) is 10.5.